The summed E-state index contributed by atoms with van der Waals surface area (Å²) in [7, 11) is 0. The Morgan fingerprint density at radius 1 is 1.18 bits per heavy atom. The molecule has 2 heterocycles. The minimum Gasteiger partial charge on any atom is -0.307 e. The maximum Gasteiger partial charge on any atom is 0.280 e. The normalized spacial score (nSPS) is 10.4. The first-order valence-corrected chi connectivity index (χ1v) is 7.79. The summed E-state index contributed by atoms with van der Waals surface area (Å²) in [5, 5.41) is 14.3. The highest BCUT2D eigenvalue weighted by Crippen LogP contribution is 2.25. The molecule has 0 saturated carbocycles. The molecule has 0 unspecified atom stereocenters. The van der Waals surface area contributed by atoms with Gasteiger partial charge >= 0.3 is 0 Å². The fraction of sp³-hybridized carbons (Fsp3) is 0.0625. The van der Waals surface area contributed by atoms with Crippen LogP contribution < -0.4 is 0 Å². The highest BCUT2D eigenvalue weighted by molar-refractivity contribution is 7.98. The first-order valence-electron chi connectivity index (χ1n) is 6.56. The molecular weight excluding hydrogens is 296 g/mol. The van der Waals surface area contributed by atoms with Crippen LogP contribution in [-0.4, -0.2) is 26.5 Å². The minimum atomic E-state index is -0.263. The van der Waals surface area contributed by atoms with Crippen LogP contribution in [0.3, 0.4) is 0 Å². The van der Waals surface area contributed by atoms with Gasteiger partial charge in [-0.1, -0.05) is 18.2 Å². The summed E-state index contributed by atoms with van der Waals surface area (Å²) >= 11 is 1.34. The lowest BCUT2D eigenvalue weighted by atomic mass is 10.2. The monoisotopic (exact) mass is 308 g/mol. The predicted octanol–water partition coefficient (Wildman–Crippen LogP) is 2.96. The Bertz CT molecular complexity index is 844. The van der Waals surface area contributed by atoms with Gasteiger partial charge in [0.15, 0.2) is 5.82 Å². The van der Waals surface area contributed by atoms with Gasteiger partial charge in [-0.3, -0.25) is 4.79 Å². The number of thioether (sulfide) groups is 1. The van der Waals surface area contributed by atoms with E-state index >= 15 is 0 Å². The minimum absolute atomic E-state index is 0.263. The zero-order valence-electron chi connectivity index (χ0n) is 11.8. The maximum absolute atomic E-state index is 12.7. The van der Waals surface area contributed by atoms with Crippen LogP contribution in [0, 0.1) is 11.3 Å². The summed E-state index contributed by atoms with van der Waals surface area (Å²) in [5.74, 6) is 0.201. The van der Waals surface area contributed by atoms with Crippen molar-refractivity contribution < 1.29 is 4.79 Å². The standard InChI is InChI=1S/C16H12N4OS/c1-22-14-13(11-17)15(19-9-5-6-10-19)20(18-14)16(21)12-7-3-2-4-8-12/h2-10H,1H3. The zero-order chi connectivity index (χ0) is 15.5. The van der Waals surface area contributed by atoms with Gasteiger partial charge in [-0.25, -0.2) is 0 Å². The third kappa shape index (κ3) is 2.32. The molecule has 0 saturated heterocycles. The fourth-order valence-electron chi connectivity index (χ4n) is 2.19. The van der Waals surface area contributed by atoms with Crippen LogP contribution >= 0.6 is 11.8 Å². The van der Waals surface area contributed by atoms with Crippen LogP contribution in [0.4, 0.5) is 0 Å². The molecular formula is C16H12N4OS. The SMILES string of the molecule is CSc1nn(C(=O)c2ccccc2)c(-n2cccc2)c1C#N. The highest BCUT2D eigenvalue weighted by atomic mass is 32.2. The lowest BCUT2D eigenvalue weighted by molar-refractivity contribution is 0.0943. The first-order chi connectivity index (χ1) is 10.8. The van der Waals surface area contributed by atoms with Crippen LogP contribution in [-0.2, 0) is 0 Å². The number of carbonyl (C=O) groups excluding carboxylic acids is 1. The smallest absolute Gasteiger partial charge is 0.280 e. The lowest BCUT2D eigenvalue weighted by Gasteiger charge is -2.07. The summed E-state index contributed by atoms with van der Waals surface area (Å²) in [6.07, 6.45) is 5.41. The number of rotatable bonds is 3. The molecule has 3 aromatic rings. The van der Waals surface area contributed by atoms with E-state index in [0.29, 0.717) is 22.0 Å². The molecule has 0 atom stereocenters. The average molecular weight is 308 g/mol. The van der Waals surface area contributed by atoms with Gasteiger partial charge in [-0.15, -0.1) is 11.8 Å². The number of hydrogen-bond donors (Lipinski definition) is 0. The summed E-state index contributed by atoms with van der Waals surface area (Å²) in [4.78, 5) is 12.7. The molecule has 22 heavy (non-hydrogen) atoms. The number of nitrogens with zero attached hydrogens (tertiary/aromatic N) is 4. The van der Waals surface area contributed by atoms with Crippen molar-refractivity contribution in [3.05, 3.63) is 66.0 Å². The van der Waals surface area contributed by atoms with E-state index in [1.807, 2.05) is 24.5 Å². The molecule has 0 aliphatic carbocycles. The van der Waals surface area contributed by atoms with Crippen molar-refractivity contribution in [1.82, 2.24) is 14.3 Å². The Balaban J connectivity index is 2.22. The van der Waals surface area contributed by atoms with Crippen LogP contribution in [0.25, 0.3) is 5.82 Å². The van der Waals surface area contributed by atoms with E-state index in [0.717, 1.165) is 0 Å². The molecule has 0 amide bonds. The number of aromatic nitrogens is 3. The summed E-state index contributed by atoms with van der Waals surface area (Å²) in [5.41, 5.74) is 0.920. The highest BCUT2D eigenvalue weighted by Gasteiger charge is 2.23. The second-order valence-electron chi connectivity index (χ2n) is 4.49. The number of carbonyl (C=O) groups is 1. The number of nitriles is 1. The second-order valence-corrected chi connectivity index (χ2v) is 5.29. The van der Waals surface area contributed by atoms with Gasteiger partial charge in [0.25, 0.3) is 5.91 Å². The van der Waals surface area contributed by atoms with Crippen molar-refractivity contribution in [2.24, 2.45) is 0 Å². The Morgan fingerprint density at radius 3 is 2.45 bits per heavy atom. The van der Waals surface area contributed by atoms with Crippen LogP contribution in [0.15, 0.2) is 59.9 Å². The zero-order valence-corrected chi connectivity index (χ0v) is 12.6. The van der Waals surface area contributed by atoms with E-state index in [1.165, 1.54) is 16.4 Å². The van der Waals surface area contributed by atoms with Crippen molar-refractivity contribution in [2.75, 3.05) is 6.26 Å². The van der Waals surface area contributed by atoms with Crippen LogP contribution in [0.2, 0.25) is 0 Å². The van der Waals surface area contributed by atoms with Crippen LogP contribution in [0.1, 0.15) is 15.9 Å². The van der Waals surface area contributed by atoms with Gasteiger partial charge in [0.05, 0.1) is 0 Å². The van der Waals surface area contributed by atoms with Crippen LogP contribution in [0.5, 0.6) is 0 Å². The number of benzene rings is 1. The van der Waals surface area contributed by atoms with E-state index in [-0.39, 0.29) is 5.91 Å². The van der Waals surface area contributed by atoms with Crippen molar-refractivity contribution in [3.8, 4) is 11.9 Å². The summed E-state index contributed by atoms with van der Waals surface area (Å²) < 4.78 is 3.02. The maximum atomic E-state index is 12.7. The quantitative estimate of drug-likeness (QED) is 0.698. The van der Waals surface area contributed by atoms with E-state index in [1.54, 1.807) is 41.2 Å². The predicted molar refractivity (Wildman–Crippen MR) is 84.2 cm³/mol. The van der Waals surface area contributed by atoms with Gasteiger partial charge in [0.2, 0.25) is 0 Å². The topological polar surface area (TPSA) is 63.6 Å². The molecule has 0 radical (unpaired) electrons. The molecule has 0 N–H and O–H groups in total. The molecule has 1 aromatic carbocycles. The van der Waals surface area contributed by atoms with E-state index in [2.05, 4.69) is 11.2 Å². The Kier molecular flexibility index (Phi) is 3.81. The molecule has 0 aliphatic heterocycles. The second kappa shape index (κ2) is 5.92. The van der Waals surface area contributed by atoms with Gasteiger partial charge in [-0.2, -0.15) is 15.0 Å². The molecule has 0 bridgehead atoms. The Morgan fingerprint density at radius 2 is 1.86 bits per heavy atom. The fourth-order valence-corrected chi connectivity index (χ4v) is 2.69. The Hall–Kier alpha value is -2.78. The third-order valence-electron chi connectivity index (χ3n) is 3.20. The van der Waals surface area contributed by atoms with E-state index < -0.39 is 0 Å². The Labute approximate surface area is 131 Å². The van der Waals surface area contributed by atoms with Gasteiger partial charge in [0, 0.05) is 18.0 Å². The van der Waals surface area contributed by atoms with Gasteiger partial charge in [0.1, 0.15) is 16.7 Å². The first kappa shape index (κ1) is 14.2. The van der Waals surface area contributed by atoms with Gasteiger partial charge in [-0.05, 0) is 30.5 Å². The molecule has 3 rings (SSSR count). The van der Waals surface area contributed by atoms with Crippen molar-refractivity contribution in [1.29, 1.82) is 5.26 Å². The lowest BCUT2D eigenvalue weighted by Crippen LogP contribution is -2.17. The molecule has 0 spiro atoms. The molecule has 0 fully saturated rings. The van der Waals surface area contributed by atoms with Crippen molar-refractivity contribution in [3.63, 3.8) is 0 Å². The molecule has 6 heteroatoms. The molecule has 2 aromatic heterocycles. The van der Waals surface area contributed by atoms with Crippen molar-refractivity contribution in [2.45, 2.75) is 5.03 Å². The summed E-state index contributed by atoms with van der Waals surface area (Å²) in [6, 6.07) is 14.7. The van der Waals surface area contributed by atoms with E-state index in [4.69, 9.17) is 0 Å². The van der Waals surface area contributed by atoms with E-state index in [9.17, 15) is 10.1 Å². The molecule has 0 aliphatic rings. The summed E-state index contributed by atoms with van der Waals surface area (Å²) in [6.45, 7) is 0. The number of hydrogen-bond acceptors (Lipinski definition) is 4. The third-order valence-corrected chi connectivity index (χ3v) is 3.87. The van der Waals surface area contributed by atoms with Crippen molar-refractivity contribution >= 4 is 17.7 Å². The van der Waals surface area contributed by atoms with Gasteiger partial charge < -0.3 is 4.57 Å². The molecule has 5 nitrogen and oxygen atoms in total. The molecule has 108 valence electrons. The largest absolute Gasteiger partial charge is 0.307 e. The average Bonchev–Trinajstić information content (AvgIpc) is 3.21.